The first-order chi connectivity index (χ1) is 8.49. The van der Waals surface area contributed by atoms with Crippen LogP contribution in [0, 0.1) is 5.92 Å². The van der Waals surface area contributed by atoms with Gasteiger partial charge < -0.3 is 10.0 Å². The third kappa shape index (κ3) is 3.06. The highest BCUT2D eigenvalue weighted by Gasteiger charge is 2.28. The lowest BCUT2D eigenvalue weighted by Gasteiger charge is -2.29. The number of aromatic nitrogens is 1. The van der Waals surface area contributed by atoms with Crippen molar-refractivity contribution in [1.82, 2.24) is 9.88 Å². The Morgan fingerprint density at radius 1 is 1.39 bits per heavy atom. The van der Waals surface area contributed by atoms with Crippen molar-refractivity contribution >= 4 is 11.9 Å². The summed E-state index contributed by atoms with van der Waals surface area (Å²) in [5.41, 5.74) is 0.959. The molecule has 0 aromatic carbocycles. The molecule has 0 radical (unpaired) electrons. The largest absolute Gasteiger partial charge is 0.481 e. The first-order valence-corrected chi connectivity index (χ1v) is 5.88. The van der Waals surface area contributed by atoms with Crippen molar-refractivity contribution in [2.24, 2.45) is 5.92 Å². The molecule has 0 aliphatic carbocycles. The molecule has 5 nitrogen and oxygen atoms in total. The highest BCUT2D eigenvalue weighted by molar-refractivity contribution is 5.96. The number of aliphatic carboxylic acids is 1. The number of pyridine rings is 1. The number of hydrogen-bond acceptors (Lipinski definition) is 3. The van der Waals surface area contributed by atoms with E-state index in [1.165, 1.54) is 11.8 Å². The van der Waals surface area contributed by atoms with Crippen molar-refractivity contribution in [3.05, 3.63) is 30.1 Å². The van der Waals surface area contributed by atoms with Gasteiger partial charge in [0.1, 0.15) is 5.92 Å². The zero-order valence-corrected chi connectivity index (χ0v) is 10.8. The summed E-state index contributed by atoms with van der Waals surface area (Å²) in [7, 11) is 1.64. The van der Waals surface area contributed by atoms with Crippen LogP contribution >= 0.6 is 0 Å². The zero-order valence-electron chi connectivity index (χ0n) is 10.8. The lowest BCUT2D eigenvalue weighted by atomic mass is 10.0. The van der Waals surface area contributed by atoms with E-state index in [-0.39, 0.29) is 11.9 Å². The van der Waals surface area contributed by atoms with E-state index in [0.29, 0.717) is 0 Å². The van der Waals surface area contributed by atoms with Gasteiger partial charge in [0.15, 0.2) is 0 Å². The fraction of sp³-hybridized carbons (Fsp3) is 0.462. The summed E-state index contributed by atoms with van der Waals surface area (Å²) in [6.07, 6.45) is 4.05. The Labute approximate surface area is 106 Å². The standard InChI is InChI=1S/C13H18N2O3/c1-4-11(10-5-7-14-8-6-10)15(3)12(16)9(2)13(17)18/h5-9,11H,4H2,1-3H3,(H,17,18). The van der Waals surface area contributed by atoms with Crippen molar-refractivity contribution in [3.63, 3.8) is 0 Å². The van der Waals surface area contributed by atoms with E-state index in [1.54, 1.807) is 19.4 Å². The molecule has 1 aromatic rings. The van der Waals surface area contributed by atoms with Crippen LogP contribution in [0.25, 0.3) is 0 Å². The molecule has 2 unspecified atom stereocenters. The molecule has 0 bridgehead atoms. The molecule has 0 aliphatic rings. The zero-order chi connectivity index (χ0) is 13.7. The van der Waals surface area contributed by atoms with Crippen molar-refractivity contribution in [3.8, 4) is 0 Å². The molecule has 1 aromatic heterocycles. The summed E-state index contributed by atoms with van der Waals surface area (Å²) < 4.78 is 0. The Hall–Kier alpha value is -1.91. The summed E-state index contributed by atoms with van der Waals surface area (Å²) >= 11 is 0. The van der Waals surface area contributed by atoms with Crippen molar-refractivity contribution in [2.75, 3.05) is 7.05 Å². The van der Waals surface area contributed by atoms with Crippen LogP contribution in [0.2, 0.25) is 0 Å². The van der Waals surface area contributed by atoms with Crippen LogP contribution in [0.5, 0.6) is 0 Å². The van der Waals surface area contributed by atoms with E-state index in [1.807, 2.05) is 19.1 Å². The van der Waals surface area contributed by atoms with Crippen LogP contribution in [-0.2, 0) is 9.59 Å². The van der Waals surface area contributed by atoms with Gasteiger partial charge in [-0.3, -0.25) is 14.6 Å². The van der Waals surface area contributed by atoms with Gasteiger partial charge in [0.25, 0.3) is 0 Å². The van der Waals surface area contributed by atoms with E-state index >= 15 is 0 Å². The maximum atomic E-state index is 12.0. The van der Waals surface area contributed by atoms with Gasteiger partial charge in [-0.25, -0.2) is 0 Å². The number of hydrogen-bond donors (Lipinski definition) is 1. The Kier molecular flexibility index (Phi) is 4.83. The molecule has 1 amide bonds. The number of carbonyl (C=O) groups excluding carboxylic acids is 1. The number of amides is 1. The first kappa shape index (κ1) is 14.2. The number of rotatable bonds is 5. The summed E-state index contributed by atoms with van der Waals surface area (Å²) in [4.78, 5) is 28.2. The molecule has 98 valence electrons. The van der Waals surface area contributed by atoms with Crippen molar-refractivity contribution in [1.29, 1.82) is 0 Å². The number of carboxylic acid groups (broad SMARTS) is 1. The summed E-state index contributed by atoms with van der Waals surface area (Å²) in [5, 5.41) is 8.87. The van der Waals surface area contributed by atoms with E-state index in [0.717, 1.165) is 12.0 Å². The topological polar surface area (TPSA) is 70.5 Å². The van der Waals surface area contributed by atoms with Crippen molar-refractivity contribution in [2.45, 2.75) is 26.3 Å². The third-order valence-corrected chi connectivity index (χ3v) is 3.03. The maximum Gasteiger partial charge on any atom is 0.315 e. The summed E-state index contributed by atoms with van der Waals surface area (Å²) in [5.74, 6) is -2.51. The fourth-order valence-corrected chi connectivity index (χ4v) is 1.88. The van der Waals surface area contributed by atoms with E-state index in [2.05, 4.69) is 4.98 Å². The van der Waals surface area contributed by atoms with Gasteiger partial charge >= 0.3 is 5.97 Å². The quantitative estimate of drug-likeness (QED) is 0.808. The molecule has 0 aliphatic heterocycles. The van der Waals surface area contributed by atoms with Crippen LogP contribution in [0.1, 0.15) is 31.9 Å². The highest BCUT2D eigenvalue weighted by atomic mass is 16.4. The monoisotopic (exact) mass is 250 g/mol. The fourth-order valence-electron chi connectivity index (χ4n) is 1.88. The van der Waals surface area contributed by atoms with Gasteiger partial charge in [-0.2, -0.15) is 0 Å². The second-order valence-electron chi connectivity index (χ2n) is 4.21. The van der Waals surface area contributed by atoms with E-state index in [4.69, 9.17) is 5.11 Å². The lowest BCUT2D eigenvalue weighted by molar-refractivity contribution is -0.150. The van der Waals surface area contributed by atoms with Gasteiger partial charge in [0.05, 0.1) is 6.04 Å². The van der Waals surface area contributed by atoms with Crippen LogP contribution in [-0.4, -0.2) is 33.9 Å². The van der Waals surface area contributed by atoms with Gasteiger partial charge in [-0.15, -0.1) is 0 Å². The van der Waals surface area contributed by atoms with Crippen LogP contribution in [0.4, 0.5) is 0 Å². The van der Waals surface area contributed by atoms with Gasteiger partial charge in [-0.1, -0.05) is 6.92 Å². The number of carbonyl (C=O) groups is 2. The number of nitrogens with zero attached hydrogens (tertiary/aromatic N) is 2. The Morgan fingerprint density at radius 2 is 1.94 bits per heavy atom. The second kappa shape index (κ2) is 6.14. The van der Waals surface area contributed by atoms with Crippen molar-refractivity contribution < 1.29 is 14.7 Å². The smallest absolute Gasteiger partial charge is 0.315 e. The van der Waals surface area contributed by atoms with Crippen LogP contribution in [0.3, 0.4) is 0 Å². The molecule has 18 heavy (non-hydrogen) atoms. The average molecular weight is 250 g/mol. The molecule has 0 spiro atoms. The Morgan fingerprint density at radius 3 is 2.39 bits per heavy atom. The average Bonchev–Trinajstić information content (AvgIpc) is 2.38. The Balaban J connectivity index is 2.90. The molecule has 1 N–H and O–H groups in total. The van der Waals surface area contributed by atoms with Gasteiger partial charge in [0.2, 0.25) is 5.91 Å². The van der Waals surface area contributed by atoms with Crippen LogP contribution in [0.15, 0.2) is 24.5 Å². The Bertz CT molecular complexity index is 420. The summed E-state index contributed by atoms with van der Waals surface area (Å²) in [6, 6.07) is 3.55. The molecular weight excluding hydrogens is 232 g/mol. The van der Waals surface area contributed by atoms with Gasteiger partial charge in [-0.05, 0) is 31.0 Å². The SMILES string of the molecule is CCC(c1ccncc1)N(C)C(=O)C(C)C(=O)O. The third-order valence-electron chi connectivity index (χ3n) is 3.03. The predicted octanol–water partition coefficient (Wildman–Crippen LogP) is 1.71. The first-order valence-electron chi connectivity index (χ1n) is 5.88. The normalized spacial score (nSPS) is 13.7. The minimum atomic E-state index is -1.10. The summed E-state index contributed by atoms with van der Waals surface area (Å²) in [6.45, 7) is 3.36. The lowest BCUT2D eigenvalue weighted by Crippen LogP contribution is -2.37. The maximum absolute atomic E-state index is 12.0. The molecule has 1 heterocycles. The van der Waals surface area contributed by atoms with Crippen LogP contribution < -0.4 is 0 Å². The minimum absolute atomic E-state index is 0.123. The van der Waals surface area contributed by atoms with Gasteiger partial charge in [0, 0.05) is 19.4 Å². The highest BCUT2D eigenvalue weighted by Crippen LogP contribution is 2.23. The predicted molar refractivity (Wildman–Crippen MR) is 66.8 cm³/mol. The molecule has 5 heteroatoms. The molecular formula is C13H18N2O3. The molecule has 0 fully saturated rings. The van der Waals surface area contributed by atoms with E-state index in [9.17, 15) is 9.59 Å². The molecule has 2 atom stereocenters. The molecule has 0 saturated carbocycles. The molecule has 1 rings (SSSR count). The number of carboxylic acids is 1. The molecule has 0 saturated heterocycles. The van der Waals surface area contributed by atoms with E-state index < -0.39 is 11.9 Å². The minimum Gasteiger partial charge on any atom is -0.481 e. The second-order valence-corrected chi connectivity index (χ2v) is 4.21.